The molecular weight excluding hydrogens is 517 g/mol. The van der Waals surface area contributed by atoms with E-state index in [0.717, 1.165) is 0 Å². The standard InChI is InChI=1S/C17H12F5NO2.2ClH.Ru/c1-8(2)25-23(10-7-5-4-6-9(10)3)17(24)11-12(18)14(20)16(22)15(21)13(11)19;;;/h3-8H,1-2H3;2*1H;/q;;;+2/p-2. The SMILES string of the molecule is CC(C)ON(C(=O)c1c(F)c(F)c(F)c(F)c1F)c1ccccc1[CH]=[Ru]([Cl])[Cl]. The Hall–Kier alpha value is -1.41. The van der Waals surface area contributed by atoms with Crippen molar-refractivity contribution in [2.24, 2.45) is 0 Å². The van der Waals surface area contributed by atoms with Crippen LogP contribution in [-0.4, -0.2) is 16.6 Å². The van der Waals surface area contributed by atoms with Gasteiger partial charge in [-0.25, -0.2) is 0 Å². The molecule has 0 N–H and O–H groups in total. The molecule has 0 unspecified atom stereocenters. The minimum atomic E-state index is -2.38. The van der Waals surface area contributed by atoms with Gasteiger partial charge in [-0.1, -0.05) is 0 Å². The summed E-state index contributed by atoms with van der Waals surface area (Å²) in [6.45, 7) is 3.01. The van der Waals surface area contributed by atoms with Crippen LogP contribution in [0.2, 0.25) is 0 Å². The molecule has 0 heterocycles. The van der Waals surface area contributed by atoms with E-state index in [4.69, 9.17) is 24.2 Å². The summed E-state index contributed by atoms with van der Waals surface area (Å²) in [6, 6.07) is 5.92. The Morgan fingerprint density at radius 2 is 1.50 bits per heavy atom. The monoisotopic (exact) mass is 529 g/mol. The van der Waals surface area contributed by atoms with Gasteiger partial charge in [-0.3, -0.25) is 0 Å². The number of hydrogen-bond acceptors (Lipinski definition) is 2. The number of anilines is 1. The molecule has 0 bridgehead atoms. The molecule has 1 amide bonds. The van der Waals surface area contributed by atoms with Crippen molar-refractivity contribution < 1.29 is 45.1 Å². The van der Waals surface area contributed by atoms with Gasteiger partial charge in [-0.05, 0) is 0 Å². The first-order valence-electron chi connectivity index (χ1n) is 7.51. The van der Waals surface area contributed by atoms with E-state index in [2.05, 4.69) is 0 Å². The zero-order valence-electron chi connectivity index (χ0n) is 14.2. The van der Waals surface area contributed by atoms with Crippen molar-refractivity contribution in [3.63, 3.8) is 0 Å². The number of carbonyl (C=O) groups is 1. The maximum absolute atomic E-state index is 14.1. The van der Waals surface area contributed by atoms with E-state index < -0.39 is 60.2 Å². The summed E-state index contributed by atoms with van der Waals surface area (Å²) >= 11 is -2.38. The molecule has 2 aromatic rings. The number of hydroxylamine groups is 1. The van der Waals surface area contributed by atoms with Crippen LogP contribution in [0.1, 0.15) is 29.8 Å². The summed E-state index contributed by atoms with van der Waals surface area (Å²) in [5.41, 5.74) is -1.37. The van der Waals surface area contributed by atoms with Crippen LogP contribution in [-0.2, 0) is 18.4 Å². The molecule has 0 saturated carbocycles. The average molecular weight is 529 g/mol. The van der Waals surface area contributed by atoms with Crippen LogP contribution in [0.15, 0.2) is 24.3 Å². The van der Waals surface area contributed by atoms with Gasteiger partial charge < -0.3 is 0 Å². The van der Waals surface area contributed by atoms with Gasteiger partial charge in [-0.15, -0.1) is 0 Å². The van der Waals surface area contributed by atoms with Crippen LogP contribution in [0.4, 0.5) is 27.6 Å². The van der Waals surface area contributed by atoms with E-state index >= 15 is 0 Å². The molecule has 0 aromatic heterocycles. The van der Waals surface area contributed by atoms with Gasteiger partial charge in [0.15, 0.2) is 0 Å². The third kappa shape index (κ3) is 4.77. The summed E-state index contributed by atoms with van der Waals surface area (Å²) in [5, 5.41) is 0.458. The number of rotatable bonds is 5. The number of para-hydroxylation sites is 1. The number of benzene rings is 2. The number of halogens is 7. The second kappa shape index (κ2) is 9.39. The van der Waals surface area contributed by atoms with Crippen molar-refractivity contribution in [1.82, 2.24) is 0 Å². The molecule has 0 atom stereocenters. The van der Waals surface area contributed by atoms with E-state index in [1.165, 1.54) is 36.7 Å². The second-order valence-corrected chi connectivity index (χ2v) is 11.3. The first-order chi connectivity index (χ1) is 13.1. The number of amides is 1. The van der Waals surface area contributed by atoms with Gasteiger partial charge in [0.2, 0.25) is 0 Å². The van der Waals surface area contributed by atoms with Gasteiger partial charge in [0.1, 0.15) is 0 Å². The Morgan fingerprint density at radius 1 is 1.00 bits per heavy atom. The maximum atomic E-state index is 14.1. The van der Waals surface area contributed by atoms with E-state index in [1.54, 1.807) is 6.07 Å². The van der Waals surface area contributed by atoms with Crippen LogP contribution in [0, 0.1) is 29.1 Å². The summed E-state index contributed by atoms with van der Waals surface area (Å²) in [4.78, 5) is 18.1. The molecule has 2 aromatic carbocycles. The van der Waals surface area contributed by atoms with Gasteiger partial charge in [0, 0.05) is 0 Å². The normalized spacial score (nSPS) is 11.6. The first kappa shape index (κ1) is 22.9. The first-order valence-corrected chi connectivity index (χ1v) is 13.0. The molecule has 11 heteroatoms. The Kier molecular flexibility index (Phi) is 7.68. The Morgan fingerprint density at radius 3 is 2.00 bits per heavy atom. The van der Waals surface area contributed by atoms with Crippen molar-refractivity contribution in [1.29, 1.82) is 0 Å². The van der Waals surface area contributed by atoms with E-state index in [-0.39, 0.29) is 5.69 Å². The second-order valence-electron chi connectivity index (χ2n) is 5.56. The molecule has 28 heavy (non-hydrogen) atoms. The molecule has 3 nitrogen and oxygen atoms in total. The van der Waals surface area contributed by atoms with Crippen molar-refractivity contribution in [3.8, 4) is 0 Å². The Labute approximate surface area is 170 Å². The molecule has 0 spiro atoms. The van der Waals surface area contributed by atoms with Crippen molar-refractivity contribution in [2.75, 3.05) is 5.06 Å². The van der Waals surface area contributed by atoms with Gasteiger partial charge in [0.25, 0.3) is 0 Å². The predicted octanol–water partition coefficient (Wildman–Crippen LogP) is 5.45. The summed E-state index contributed by atoms with van der Waals surface area (Å²) in [6.07, 6.45) is -0.682. The van der Waals surface area contributed by atoms with Gasteiger partial charge in [0.05, 0.1) is 0 Å². The summed E-state index contributed by atoms with van der Waals surface area (Å²) < 4.78 is 70.0. The molecule has 2 rings (SSSR count). The van der Waals surface area contributed by atoms with Crippen LogP contribution < -0.4 is 5.06 Å². The third-order valence-corrected chi connectivity index (χ3v) is 5.10. The van der Waals surface area contributed by atoms with Gasteiger partial charge in [-0.2, -0.15) is 0 Å². The minimum absolute atomic E-state index is 0.0230. The molecule has 0 radical (unpaired) electrons. The van der Waals surface area contributed by atoms with Crippen LogP contribution in [0.3, 0.4) is 0 Å². The Balaban J connectivity index is 2.71. The molecule has 0 fully saturated rings. The fraction of sp³-hybridized carbons (Fsp3) is 0.176. The van der Waals surface area contributed by atoms with Gasteiger partial charge >= 0.3 is 170 Å². The van der Waals surface area contributed by atoms with Crippen LogP contribution in [0.25, 0.3) is 0 Å². The van der Waals surface area contributed by atoms with Crippen LogP contribution >= 0.6 is 19.4 Å². The molecule has 154 valence electrons. The fourth-order valence-corrected chi connectivity index (χ4v) is 3.98. The Bertz CT molecular complexity index is 922. The summed E-state index contributed by atoms with van der Waals surface area (Å²) in [5.74, 6) is -12.9. The number of carbonyl (C=O) groups excluding carboxylic acids is 1. The van der Waals surface area contributed by atoms with Crippen LogP contribution in [0.5, 0.6) is 0 Å². The van der Waals surface area contributed by atoms with E-state index in [1.807, 2.05) is 0 Å². The quantitative estimate of drug-likeness (QED) is 0.170. The molecule has 0 aliphatic rings. The number of hydrogen-bond donors (Lipinski definition) is 0. The number of nitrogens with zero attached hydrogens (tertiary/aromatic N) is 1. The predicted molar refractivity (Wildman–Crippen MR) is 92.6 cm³/mol. The molecular formula is C17H12Cl2F5NO2Ru. The zero-order chi connectivity index (χ0) is 21.2. The van der Waals surface area contributed by atoms with Crippen molar-refractivity contribution >= 4 is 35.6 Å². The molecule has 0 saturated heterocycles. The topological polar surface area (TPSA) is 29.5 Å². The van der Waals surface area contributed by atoms with E-state index in [0.29, 0.717) is 10.6 Å². The molecule has 0 aliphatic carbocycles. The third-order valence-electron chi connectivity index (χ3n) is 3.27. The summed E-state index contributed by atoms with van der Waals surface area (Å²) in [7, 11) is 11.7. The fourth-order valence-electron chi connectivity index (χ4n) is 2.16. The zero-order valence-corrected chi connectivity index (χ0v) is 17.5. The van der Waals surface area contributed by atoms with E-state index in [9.17, 15) is 26.7 Å². The van der Waals surface area contributed by atoms with Crippen molar-refractivity contribution in [3.05, 3.63) is 64.5 Å². The molecule has 0 aliphatic heterocycles. The van der Waals surface area contributed by atoms with Crippen molar-refractivity contribution in [2.45, 2.75) is 20.0 Å². The average Bonchev–Trinajstić information content (AvgIpc) is 2.63.